The van der Waals surface area contributed by atoms with E-state index in [0.717, 1.165) is 12.8 Å². The first-order chi connectivity index (χ1) is 7.50. The van der Waals surface area contributed by atoms with Crippen LogP contribution in [0.1, 0.15) is 32.6 Å². The van der Waals surface area contributed by atoms with Gasteiger partial charge >= 0.3 is 0 Å². The maximum atomic E-state index is 12.1. The second kappa shape index (κ2) is 4.45. The molecule has 16 heavy (non-hydrogen) atoms. The van der Waals surface area contributed by atoms with Gasteiger partial charge in [0.05, 0.1) is 17.1 Å². The average Bonchev–Trinajstić information content (AvgIpc) is 2.78. The van der Waals surface area contributed by atoms with E-state index in [1.165, 1.54) is 0 Å². The van der Waals surface area contributed by atoms with Crippen LogP contribution < -0.4 is 0 Å². The topological polar surface area (TPSA) is 60.4 Å². The number of sulfone groups is 1. The van der Waals surface area contributed by atoms with Crippen molar-refractivity contribution in [1.82, 2.24) is 0 Å². The minimum Gasteiger partial charge on any atom is -0.377 e. The molecule has 1 aliphatic carbocycles. The van der Waals surface area contributed by atoms with Gasteiger partial charge in [-0.1, -0.05) is 6.92 Å². The molecule has 0 aromatic carbocycles. The number of carbonyl (C=O) groups is 1. The van der Waals surface area contributed by atoms with Crippen LogP contribution in [0.2, 0.25) is 0 Å². The predicted octanol–water partition coefficient (Wildman–Crippen LogP) is 0.948. The van der Waals surface area contributed by atoms with E-state index in [1.807, 2.05) is 0 Å². The first-order valence-electron chi connectivity index (χ1n) is 5.86. The van der Waals surface area contributed by atoms with Crippen molar-refractivity contribution >= 4 is 15.6 Å². The zero-order valence-electron chi connectivity index (χ0n) is 9.52. The highest BCUT2D eigenvalue weighted by Gasteiger charge is 2.41. The lowest BCUT2D eigenvalue weighted by Crippen LogP contribution is -2.32. The molecule has 0 aromatic rings. The molecular formula is C11H18O4S. The van der Waals surface area contributed by atoms with E-state index in [9.17, 15) is 13.2 Å². The normalized spacial score (nSPS) is 35.8. The third-order valence-electron chi connectivity index (χ3n) is 3.64. The monoisotopic (exact) mass is 246 g/mol. The van der Waals surface area contributed by atoms with Gasteiger partial charge in [-0.15, -0.1) is 0 Å². The van der Waals surface area contributed by atoms with E-state index in [0.29, 0.717) is 19.4 Å². The molecule has 1 aliphatic heterocycles. The first kappa shape index (κ1) is 12.0. The van der Waals surface area contributed by atoms with E-state index in [-0.39, 0.29) is 23.6 Å². The zero-order chi connectivity index (χ0) is 11.8. The van der Waals surface area contributed by atoms with Crippen LogP contribution in [-0.4, -0.2) is 37.9 Å². The Morgan fingerprint density at radius 3 is 2.62 bits per heavy atom. The Morgan fingerprint density at radius 1 is 1.38 bits per heavy atom. The molecule has 2 fully saturated rings. The second-order valence-electron chi connectivity index (χ2n) is 4.80. The van der Waals surface area contributed by atoms with Crippen LogP contribution in [0.3, 0.4) is 0 Å². The van der Waals surface area contributed by atoms with Gasteiger partial charge in [0.1, 0.15) is 5.78 Å². The van der Waals surface area contributed by atoms with Crippen molar-refractivity contribution in [3.8, 4) is 0 Å². The molecule has 0 N–H and O–H groups in total. The Hall–Kier alpha value is -0.420. The van der Waals surface area contributed by atoms with Crippen LogP contribution in [0, 0.1) is 5.92 Å². The summed E-state index contributed by atoms with van der Waals surface area (Å²) in [5.41, 5.74) is 0. The summed E-state index contributed by atoms with van der Waals surface area (Å²) in [6.45, 7) is 2.40. The summed E-state index contributed by atoms with van der Waals surface area (Å²) in [6.07, 6.45) is 2.53. The van der Waals surface area contributed by atoms with Gasteiger partial charge < -0.3 is 4.74 Å². The molecule has 0 amide bonds. The summed E-state index contributed by atoms with van der Waals surface area (Å²) >= 11 is 0. The Bertz CT molecular complexity index is 367. The molecule has 1 saturated heterocycles. The van der Waals surface area contributed by atoms with E-state index in [4.69, 9.17) is 4.74 Å². The van der Waals surface area contributed by atoms with Gasteiger partial charge in [-0.25, -0.2) is 8.42 Å². The van der Waals surface area contributed by atoms with Gasteiger partial charge in [0.2, 0.25) is 0 Å². The molecule has 0 bridgehead atoms. The van der Waals surface area contributed by atoms with Crippen molar-refractivity contribution in [3.63, 3.8) is 0 Å². The molecule has 3 atom stereocenters. The van der Waals surface area contributed by atoms with Crippen molar-refractivity contribution in [3.05, 3.63) is 0 Å². The first-order valence-corrected chi connectivity index (χ1v) is 7.58. The lowest BCUT2D eigenvalue weighted by atomic mass is 10.1. The van der Waals surface area contributed by atoms with Crippen LogP contribution >= 0.6 is 0 Å². The molecule has 0 spiro atoms. The molecule has 2 rings (SSSR count). The SMILES string of the molecule is CC1C(=O)CCC1S(=O)(=O)CC1CCCO1. The lowest BCUT2D eigenvalue weighted by molar-refractivity contribution is -0.120. The van der Waals surface area contributed by atoms with Crippen LogP contribution in [0.5, 0.6) is 0 Å². The molecular weight excluding hydrogens is 228 g/mol. The van der Waals surface area contributed by atoms with Crippen molar-refractivity contribution in [1.29, 1.82) is 0 Å². The molecule has 3 unspecified atom stereocenters. The summed E-state index contributed by atoms with van der Waals surface area (Å²) in [7, 11) is -3.17. The fourth-order valence-corrected chi connectivity index (χ4v) is 4.90. The predicted molar refractivity (Wildman–Crippen MR) is 60.0 cm³/mol. The van der Waals surface area contributed by atoms with Gasteiger partial charge in [-0.2, -0.15) is 0 Å². The van der Waals surface area contributed by atoms with Gasteiger partial charge in [0.15, 0.2) is 9.84 Å². The van der Waals surface area contributed by atoms with Crippen molar-refractivity contribution in [2.24, 2.45) is 5.92 Å². The Labute approximate surface area is 96.3 Å². The highest BCUT2D eigenvalue weighted by Crippen LogP contribution is 2.30. The Morgan fingerprint density at radius 2 is 2.12 bits per heavy atom. The van der Waals surface area contributed by atoms with Gasteiger partial charge in [-0.3, -0.25) is 4.79 Å². The van der Waals surface area contributed by atoms with Gasteiger partial charge in [-0.05, 0) is 19.3 Å². The number of carbonyl (C=O) groups excluding carboxylic acids is 1. The van der Waals surface area contributed by atoms with Gasteiger partial charge in [0, 0.05) is 18.9 Å². The lowest BCUT2D eigenvalue weighted by Gasteiger charge is -2.17. The largest absolute Gasteiger partial charge is 0.377 e. The zero-order valence-corrected chi connectivity index (χ0v) is 10.3. The highest BCUT2D eigenvalue weighted by molar-refractivity contribution is 7.92. The van der Waals surface area contributed by atoms with Gasteiger partial charge in [0.25, 0.3) is 0 Å². The molecule has 2 aliphatic rings. The fraction of sp³-hybridized carbons (Fsp3) is 0.909. The molecule has 92 valence electrons. The minimum atomic E-state index is -3.17. The maximum Gasteiger partial charge on any atom is 0.156 e. The van der Waals surface area contributed by atoms with E-state index >= 15 is 0 Å². The maximum absolute atomic E-state index is 12.1. The molecule has 4 nitrogen and oxygen atoms in total. The number of Topliss-reactive ketones (excluding diaryl/α,β-unsaturated/α-hetero) is 1. The Balaban J connectivity index is 2.04. The van der Waals surface area contributed by atoms with Crippen LogP contribution in [0.15, 0.2) is 0 Å². The van der Waals surface area contributed by atoms with Crippen molar-refractivity contribution in [2.75, 3.05) is 12.4 Å². The number of ketones is 1. The number of rotatable bonds is 3. The van der Waals surface area contributed by atoms with Crippen molar-refractivity contribution < 1.29 is 17.9 Å². The number of hydrogen-bond acceptors (Lipinski definition) is 4. The molecule has 0 radical (unpaired) electrons. The number of hydrogen-bond donors (Lipinski definition) is 0. The summed E-state index contributed by atoms with van der Waals surface area (Å²) < 4.78 is 29.6. The van der Waals surface area contributed by atoms with Crippen LogP contribution in [0.4, 0.5) is 0 Å². The molecule has 5 heteroatoms. The van der Waals surface area contributed by atoms with Crippen LogP contribution in [0.25, 0.3) is 0 Å². The second-order valence-corrected chi connectivity index (χ2v) is 7.06. The summed E-state index contributed by atoms with van der Waals surface area (Å²) in [5.74, 6) is -0.151. The highest BCUT2D eigenvalue weighted by atomic mass is 32.2. The number of ether oxygens (including phenoxy) is 1. The molecule has 0 aromatic heterocycles. The fourth-order valence-electron chi connectivity index (χ4n) is 2.62. The Kier molecular flexibility index (Phi) is 3.35. The standard InChI is InChI=1S/C11H18O4S/c1-8-10(12)4-5-11(8)16(13,14)7-9-3-2-6-15-9/h8-9,11H,2-7H2,1H3. The quantitative estimate of drug-likeness (QED) is 0.744. The summed E-state index contributed by atoms with van der Waals surface area (Å²) in [4.78, 5) is 11.4. The molecule has 1 heterocycles. The van der Waals surface area contributed by atoms with E-state index < -0.39 is 15.1 Å². The smallest absolute Gasteiger partial charge is 0.156 e. The van der Waals surface area contributed by atoms with E-state index in [2.05, 4.69) is 0 Å². The third-order valence-corrected chi connectivity index (χ3v) is 6.05. The summed E-state index contributed by atoms with van der Waals surface area (Å²) in [5, 5.41) is -0.468. The third kappa shape index (κ3) is 2.30. The molecule has 1 saturated carbocycles. The van der Waals surface area contributed by atoms with Crippen molar-refractivity contribution in [2.45, 2.75) is 44.0 Å². The summed E-state index contributed by atoms with van der Waals surface area (Å²) in [6, 6.07) is 0. The minimum absolute atomic E-state index is 0.0842. The average molecular weight is 246 g/mol. The van der Waals surface area contributed by atoms with E-state index in [1.54, 1.807) is 6.92 Å². The van der Waals surface area contributed by atoms with Crippen LogP contribution in [-0.2, 0) is 19.4 Å².